The summed E-state index contributed by atoms with van der Waals surface area (Å²) in [5.41, 5.74) is 0.654. The maximum Gasteiger partial charge on any atom is 0.405 e. The van der Waals surface area contributed by atoms with Crippen LogP contribution < -0.4 is 10.2 Å². The number of benzene rings is 1. The highest BCUT2D eigenvalue weighted by molar-refractivity contribution is 8.00. The van der Waals surface area contributed by atoms with Crippen molar-refractivity contribution in [1.29, 1.82) is 0 Å². The van der Waals surface area contributed by atoms with Gasteiger partial charge in [0.25, 0.3) is 0 Å². The number of thioether (sulfide) groups is 1. The molecule has 0 radical (unpaired) electrons. The Morgan fingerprint density at radius 3 is 2.61 bits per heavy atom. The quantitative estimate of drug-likeness (QED) is 0.704. The molecule has 28 heavy (non-hydrogen) atoms. The molecule has 0 bridgehead atoms. The lowest BCUT2D eigenvalue weighted by molar-refractivity contribution is -0.137. The molecule has 0 aliphatic carbocycles. The van der Waals surface area contributed by atoms with E-state index in [0.717, 1.165) is 37.7 Å². The molecular formula is C17H19ClF3N5OS. The van der Waals surface area contributed by atoms with Crippen molar-refractivity contribution < 1.29 is 18.0 Å². The summed E-state index contributed by atoms with van der Waals surface area (Å²) in [5.74, 6) is -0.116. The van der Waals surface area contributed by atoms with Crippen LogP contribution in [-0.4, -0.2) is 51.7 Å². The third-order valence-electron chi connectivity index (χ3n) is 4.21. The standard InChI is InChI=1S/C17H19ClF3N5OS/c1-11(14(27)22-10-17(19,20)21)28-16-24-23-15(25-8-4-5-9-25)26(16)13-7-3-2-6-12(13)18/h2-3,6-7,11H,4-5,8-10H2,1H3,(H,22,27). The van der Waals surface area contributed by atoms with Crippen LogP contribution in [0.3, 0.4) is 0 Å². The van der Waals surface area contributed by atoms with E-state index in [2.05, 4.69) is 15.1 Å². The minimum Gasteiger partial charge on any atom is -0.346 e. The lowest BCUT2D eigenvalue weighted by Crippen LogP contribution is -2.38. The summed E-state index contributed by atoms with van der Waals surface area (Å²) in [6.07, 6.45) is -2.39. The highest BCUT2D eigenvalue weighted by Crippen LogP contribution is 2.33. The number of nitrogens with one attached hydrogen (secondary N) is 1. The molecule has 2 heterocycles. The van der Waals surface area contributed by atoms with Crippen molar-refractivity contribution in [2.45, 2.75) is 36.3 Å². The number of hydrogen-bond acceptors (Lipinski definition) is 5. The van der Waals surface area contributed by atoms with Crippen LogP contribution in [0.15, 0.2) is 29.4 Å². The van der Waals surface area contributed by atoms with E-state index >= 15 is 0 Å². The van der Waals surface area contributed by atoms with E-state index in [1.54, 1.807) is 16.7 Å². The van der Waals surface area contributed by atoms with Gasteiger partial charge < -0.3 is 10.2 Å². The summed E-state index contributed by atoms with van der Waals surface area (Å²) in [5, 5.41) is 10.4. The Morgan fingerprint density at radius 1 is 1.29 bits per heavy atom. The molecule has 6 nitrogen and oxygen atoms in total. The second-order valence-electron chi connectivity index (χ2n) is 6.36. The van der Waals surface area contributed by atoms with Gasteiger partial charge in [-0.15, -0.1) is 10.2 Å². The predicted molar refractivity (Wildman–Crippen MR) is 102 cm³/mol. The third-order valence-corrected chi connectivity index (χ3v) is 5.58. The van der Waals surface area contributed by atoms with E-state index in [1.165, 1.54) is 6.92 Å². The summed E-state index contributed by atoms with van der Waals surface area (Å²) in [4.78, 5) is 14.1. The summed E-state index contributed by atoms with van der Waals surface area (Å²) in [6, 6.07) is 7.16. The number of rotatable bonds is 6. The zero-order valence-corrected chi connectivity index (χ0v) is 16.6. The van der Waals surface area contributed by atoms with Crippen molar-refractivity contribution in [1.82, 2.24) is 20.1 Å². The second-order valence-corrected chi connectivity index (χ2v) is 8.07. The van der Waals surface area contributed by atoms with Gasteiger partial charge in [0, 0.05) is 13.1 Å². The van der Waals surface area contributed by atoms with E-state index in [9.17, 15) is 18.0 Å². The van der Waals surface area contributed by atoms with Crippen molar-refractivity contribution in [3.05, 3.63) is 29.3 Å². The first-order chi connectivity index (χ1) is 13.3. The Labute approximate surface area is 169 Å². The van der Waals surface area contributed by atoms with Crippen LogP contribution in [0.25, 0.3) is 5.69 Å². The second kappa shape index (κ2) is 8.60. The molecule has 1 saturated heterocycles. The molecule has 2 aromatic rings. The largest absolute Gasteiger partial charge is 0.405 e. The summed E-state index contributed by atoms with van der Waals surface area (Å²) < 4.78 is 38.8. The van der Waals surface area contributed by atoms with Gasteiger partial charge in [-0.2, -0.15) is 13.2 Å². The van der Waals surface area contributed by atoms with Crippen molar-refractivity contribution in [3.63, 3.8) is 0 Å². The molecule has 0 saturated carbocycles. The number of nitrogens with zero attached hydrogens (tertiary/aromatic N) is 4. The van der Waals surface area contributed by atoms with Crippen molar-refractivity contribution >= 4 is 35.2 Å². The van der Waals surface area contributed by atoms with Gasteiger partial charge in [-0.25, -0.2) is 0 Å². The lowest BCUT2D eigenvalue weighted by Gasteiger charge is -2.19. The van der Waals surface area contributed by atoms with Crippen LogP contribution >= 0.6 is 23.4 Å². The number of aromatic nitrogens is 3. The molecule has 152 valence electrons. The summed E-state index contributed by atoms with van der Waals surface area (Å²) in [6.45, 7) is 1.81. The molecule has 1 aromatic heterocycles. The van der Waals surface area contributed by atoms with Gasteiger partial charge in [-0.3, -0.25) is 9.36 Å². The van der Waals surface area contributed by atoms with Gasteiger partial charge in [-0.1, -0.05) is 35.5 Å². The molecule has 0 spiro atoms. The van der Waals surface area contributed by atoms with Crippen LogP contribution in [0.4, 0.5) is 19.1 Å². The first-order valence-corrected chi connectivity index (χ1v) is 9.98. The minimum absolute atomic E-state index is 0.393. The van der Waals surface area contributed by atoms with Crippen LogP contribution in [0.2, 0.25) is 5.02 Å². The number of carbonyl (C=O) groups is 1. The van der Waals surface area contributed by atoms with Crippen molar-refractivity contribution in [2.24, 2.45) is 0 Å². The summed E-state index contributed by atoms with van der Waals surface area (Å²) in [7, 11) is 0. The van der Waals surface area contributed by atoms with E-state index < -0.39 is 23.9 Å². The zero-order chi connectivity index (χ0) is 20.3. The number of anilines is 1. The number of hydrogen-bond donors (Lipinski definition) is 1. The molecular weight excluding hydrogens is 415 g/mol. The molecule has 1 amide bonds. The Bertz CT molecular complexity index is 838. The number of para-hydroxylation sites is 1. The molecule has 1 aromatic carbocycles. The Balaban J connectivity index is 1.87. The third kappa shape index (κ3) is 4.91. The number of alkyl halides is 3. The Hall–Kier alpha value is -1.94. The topological polar surface area (TPSA) is 63.1 Å². The molecule has 11 heteroatoms. The van der Waals surface area contributed by atoms with Gasteiger partial charge in [0.2, 0.25) is 11.9 Å². The van der Waals surface area contributed by atoms with E-state index in [-0.39, 0.29) is 0 Å². The lowest BCUT2D eigenvalue weighted by atomic mass is 10.3. The number of halogens is 4. The van der Waals surface area contributed by atoms with Gasteiger partial charge in [0.15, 0.2) is 5.16 Å². The zero-order valence-electron chi connectivity index (χ0n) is 15.0. The molecule has 1 N–H and O–H groups in total. The van der Waals surface area contributed by atoms with E-state index in [0.29, 0.717) is 21.8 Å². The van der Waals surface area contributed by atoms with Crippen LogP contribution in [-0.2, 0) is 4.79 Å². The normalized spacial score (nSPS) is 15.7. The van der Waals surface area contributed by atoms with Gasteiger partial charge in [0.1, 0.15) is 6.54 Å². The maximum absolute atomic E-state index is 12.3. The van der Waals surface area contributed by atoms with Gasteiger partial charge in [0.05, 0.1) is 16.0 Å². The Kier molecular flexibility index (Phi) is 6.39. The first kappa shape index (κ1) is 20.8. The average molecular weight is 434 g/mol. The van der Waals surface area contributed by atoms with Crippen molar-refractivity contribution in [3.8, 4) is 5.69 Å². The fraction of sp³-hybridized carbons (Fsp3) is 0.471. The monoisotopic (exact) mass is 433 g/mol. The first-order valence-electron chi connectivity index (χ1n) is 8.72. The van der Waals surface area contributed by atoms with Crippen LogP contribution in [0.5, 0.6) is 0 Å². The summed E-state index contributed by atoms with van der Waals surface area (Å²) >= 11 is 7.39. The maximum atomic E-state index is 12.3. The van der Waals surface area contributed by atoms with E-state index in [1.807, 2.05) is 17.4 Å². The van der Waals surface area contributed by atoms with E-state index in [4.69, 9.17) is 11.6 Å². The molecule has 1 unspecified atom stereocenters. The number of carbonyl (C=O) groups excluding carboxylic acids is 1. The van der Waals surface area contributed by atoms with Crippen LogP contribution in [0.1, 0.15) is 19.8 Å². The highest BCUT2D eigenvalue weighted by Gasteiger charge is 2.30. The van der Waals surface area contributed by atoms with Crippen LogP contribution in [0, 0.1) is 0 Å². The molecule has 1 aliphatic heterocycles. The molecule has 1 aliphatic rings. The molecule has 1 fully saturated rings. The van der Waals surface area contributed by atoms with Gasteiger partial charge >= 0.3 is 6.18 Å². The predicted octanol–water partition coefficient (Wildman–Crippen LogP) is 3.68. The highest BCUT2D eigenvalue weighted by atomic mass is 35.5. The average Bonchev–Trinajstić information content (AvgIpc) is 3.29. The molecule has 3 rings (SSSR count). The van der Waals surface area contributed by atoms with Crippen molar-refractivity contribution in [2.75, 3.05) is 24.5 Å². The van der Waals surface area contributed by atoms with Gasteiger partial charge in [-0.05, 0) is 31.9 Å². The SMILES string of the molecule is CC(Sc1nnc(N2CCCC2)n1-c1ccccc1Cl)C(=O)NCC(F)(F)F. The number of amides is 1. The fourth-order valence-corrected chi connectivity index (χ4v) is 3.95. The smallest absolute Gasteiger partial charge is 0.346 e. The fourth-order valence-electron chi connectivity index (χ4n) is 2.85. The molecule has 1 atom stereocenters. The Morgan fingerprint density at radius 2 is 1.96 bits per heavy atom. The minimum atomic E-state index is -4.46.